The van der Waals surface area contributed by atoms with Crippen molar-refractivity contribution in [2.45, 2.75) is 58.1 Å². The Hall–Kier alpha value is -0.870. The Morgan fingerprint density at radius 3 is 2.83 bits per heavy atom. The molecule has 1 amide bonds. The van der Waals surface area contributed by atoms with E-state index in [1.54, 1.807) is 11.3 Å². The molecule has 1 aromatic rings. The van der Waals surface area contributed by atoms with Gasteiger partial charge in [-0.15, -0.1) is 11.3 Å². The Bertz CT molecular complexity index is 427. The number of aliphatic hydroxyl groups excluding tert-OH is 1. The lowest BCUT2D eigenvalue weighted by molar-refractivity contribution is 0.0720. The van der Waals surface area contributed by atoms with Crippen molar-refractivity contribution in [2.24, 2.45) is 0 Å². The summed E-state index contributed by atoms with van der Waals surface area (Å²) in [6.45, 7) is 4.15. The fraction of sp³-hybridized carbons (Fsp3) is 0.643. The van der Waals surface area contributed by atoms with E-state index in [1.807, 2.05) is 6.07 Å². The molecular formula is C14H21NO2S. The molecule has 0 spiro atoms. The van der Waals surface area contributed by atoms with Crippen LogP contribution < -0.4 is 5.32 Å². The smallest absolute Gasteiger partial charge is 0.261 e. The van der Waals surface area contributed by atoms with Gasteiger partial charge in [0, 0.05) is 4.88 Å². The lowest BCUT2D eigenvalue weighted by Crippen LogP contribution is -2.44. The second-order valence-corrected chi connectivity index (χ2v) is 6.23. The number of carbonyl (C=O) groups excluding carboxylic acids is 1. The average molecular weight is 267 g/mol. The average Bonchev–Trinajstić information content (AvgIpc) is 2.73. The molecule has 0 radical (unpaired) electrons. The van der Waals surface area contributed by atoms with E-state index in [4.69, 9.17) is 0 Å². The van der Waals surface area contributed by atoms with Crippen LogP contribution in [0.3, 0.4) is 0 Å². The molecule has 1 saturated carbocycles. The summed E-state index contributed by atoms with van der Waals surface area (Å²) in [6, 6.07) is 1.91. The highest BCUT2D eigenvalue weighted by atomic mass is 32.1. The number of aryl methyl sites for hydroxylation is 2. The van der Waals surface area contributed by atoms with E-state index in [0.717, 1.165) is 37.0 Å². The van der Waals surface area contributed by atoms with E-state index in [-0.39, 0.29) is 18.1 Å². The van der Waals surface area contributed by atoms with E-state index in [1.165, 1.54) is 10.4 Å². The molecule has 4 heteroatoms. The first kappa shape index (κ1) is 13.6. The van der Waals surface area contributed by atoms with Crippen molar-refractivity contribution in [1.29, 1.82) is 0 Å². The highest BCUT2D eigenvalue weighted by Crippen LogP contribution is 2.23. The Kier molecular flexibility index (Phi) is 4.40. The van der Waals surface area contributed by atoms with Crippen LogP contribution >= 0.6 is 11.3 Å². The molecule has 0 unspecified atom stereocenters. The molecule has 1 aliphatic carbocycles. The number of amides is 1. The zero-order valence-corrected chi connectivity index (χ0v) is 11.8. The van der Waals surface area contributed by atoms with Crippen LogP contribution in [-0.2, 0) is 6.42 Å². The summed E-state index contributed by atoms with van der Waals surface area (Å²) >= 11 is 1.54. The van der Waals surface area contributed by atoms with Gasteiger partial charge in [-0.3, -0.25) is 4.79 Å². The van der Waals surface area contributed by atoms with E-state index >= 15 is 0 Å². The number of carbonyl (C=O) groups is 1. The predicted molar refractivity (Wildman–Crippen MR) is 74.2 cm³/mol. The molecule has 18 heavy (non-hydrogen) atoms. The molecule has 0 saturated heterocycles. The van der Waals surface area contributed by atoms with Crippen molar-refractivity contribution in [3.05, 3.63) is 21.4 Å². The summed E-state index contributed by atoms with van der Waals surface area (Å²) in [5.41, 5.74) is 1.24. The van der Waals surface area contributed by atoms with Crippen molar-refractivity contribution in [2.75, 3.05) is 0 Å². The predicted octanol–water partition coefficient (Wildman–Crippen LogP) is 2.65. The van der Waals surface area contributed by atoms with Crippen molar-refractivity contribution >= 4 is 17.2 Å². The quantitative estimate of drug-likeness (QED) is 0.884. The number of thiophene rings is 1. The zero-order chi connectivity index (χ0) is 13.1. The van der Waals surface area contributed by atoms with Gasteiger partial charge in [0.2, 0.25) is 0 Å². The van der Waals surface area contributed by atoms with Gasteiger partial charge in [-0.05, 0) is 37.8 Å². The standard InChI is InChI=1S/C14H21NO2S/c1-3-10-8-13(18-9(10)2)14(17)15-11-6-4-5-7-12(11)16/h8,11-12,16H,3-7H2,1-2H3,(H,15,17)/t11-,12-/m1/s1. The van der Waals surface area contributed by atoms with Gasteiger partial charge >= 0.3 is 0 Å². The first-order valence-electron chi connectivity index (χ1n) is 6.70. The third-order valence-corrected chi connectivity index (χ3v) is 4.76. The second kappa shape index (κ2) is 5.85. The van der Waals surface area contributed by atoms with Crippen molar-refractivity contribution in [1.82, 2.24) is 5.32 Å². The molecule has 1 aliphatic rings. The van der Waals surface area contributed by atoms with Gasteiger partial charge in [-0.25, -0.2) is 0 Å². The molecule has 0 bridgehead atoms. The maximum Gasteiger partial charge on any atom is 0.261 e. The van der Waals surface area contributed by atoms with Crippen LogP contribution in [-0.4, -0.2) is 23.2 Å². The Morgan fingerprint density at radius 1 is 1.50 bits per heavy atom. The largest absolute Gasteiger partial charge is 0.391 e. The zero-order valence-electron chi connectivity index (χ0n) is 11.0. The van der Waals surface area contributed by atoms with Gasteiger partial charge in [0.1, 0.15) is 0 Å². The fourth-order valence-corrected chi connectivity index (χ4v) is 3.52. The van der Waals surface area contributed by atoms with Gasteiger partial charge in [-0.2, -0.15) is 0 Å². The van der Waals surface area contributed by atoms with Crippen LogP contribution in [0, 0.1) is 6.92 Å². The summed E-state index contributed by atoms with van der Waals surface area (Å²) in [4.78, 5) is 14.1. The van der Waals surface area contributed by atoms with Crippen LogP contribution in [0.5, 0.6) is 0 Å². The molecule has 2 N–H and O–H groups in total. The summed E-state index contributed by atoms with van der Waals surface area (Å²) in [5.74, 6) is -0.0336. The summed E-state index contributed by atoms with van der Waals surface area (Å²) in [5, 5.41) is 12.8. The van der Waals surface area contributed by atoms with Gasteiger partial charge in [0.05, 0.1) is 17.0 Å². The minimum Gasteiger partial charge on any atom is -0.391 e. The van der Waals surface area contributed by atoms with Gasteiger partial charge in [0.15, 0.2) is 0 Å². The van der Waals surface area contributed by atoms with Crippen molar-refractivity contribution < 1.29 is 9.90 Å². The number of hydrogen-bond acceptors (Lipinski definition) is 3. The van der Waals surface area contributed by atoms with E-state index in [9.17, 15) is 9.90 Å². The number of nitrogens with one attached hydrogen (secondary N) is 1. The molecule has 0 aromatic carbocycles. The Labute approximate surface area is 112 Å². The monoisotopic (exact) mass is 267 g/mol. The third-order valence-electron chi connectivity index (χ3n) is 3.67. The van der Waals surface area contributed by atoms with Gasteiger partial charge in [-0.1, -0.05) is 19.8 Å². The van der Waals surface area contributed by atoms with Crippen LogP contribution in [0.15, 0.2) is 6.07 Å². The van der Waals surface area contributed by atoms with E-state index < -0.39 is 0 Å². The molecular weight excluding hydrogens is 246 g/mol. The first-order chi connectivity index (χ1) is 8.61. The highest BCUT2D eigenvalue weighted by molar-refractivity contribution is 7.14. The summed E-state index contributed by atoms with van der Waals surface area (Å²) in [6.07, 6.45) is 4.42. The molecule has 1 fully saturated rings. The van der Waals surface area contributed by atoms with Crippen LogP contribution in [0.2, 0.25) is 0 Å². The van der Waals surface area contributed by atoms with Crippen LogP contribution in [0.1, 0.15) is 52.7 Å². The van der Waals surface area contributed by atoms with Crippen molar-refractivity contribution in [3.63, 3.8) is 0 Å². The number of rotatable bonds is 3. The first-order valence-corrected chi connectivity index (χ1v) is 7.51. The van der Waals surface area contributed by atoms with E-state index in [0.29, 0.717) is 0 Å². The highest BCUT2D eigenvalue weighted by Gasteiger charge is 2.25. The molecule has 2 atom stereocenters. The maximum absolute atomic E-state index is 12.1. The third kappa shape index (κ3) is 2.93. The SMILES string of the molecule is CCc1cc(C(=O)N[C@@H]2CCCC[C@H]2O)sc1C. The molecule has 0 aliphatic heterocycles. The minimum absolute atomic E-state index is 0.0336. The minimum atomic E-state index is -0.380. The van der Waals surface area contributed by atoms with Crippen molar-refractivity contribution in [3.8, 4) is 0 Å². The maximum atomic E-state index is 12.1. The molecule has 3 nitrogen and oxygen atoms in total. The van der Waals surface area contributed by atoms with Gasteiger partial charge in [0.25, 0.3) is 5.91 Å². The molecule has 1 aromatic heterocycles. The lowest BCUT2D eigenvalue weighted by atomic mass is 9.92. The Morgan fingerprint density at radius 2 is 2.22 bits per heavy atom. The van der Waals surface area contributed by atoms with E-state index in [2.05, 4.69) is 19.2 Å². The Balaban J connectivity index is 2.02. The number of hydrogen-bond donors (Lipinski definition) is 2. The number of aliphatic hydroxyl groups is 1. The normalized spacial score (nSPS) is 23.9. The summed E-state index contributed by atoms with van der Waals surface area (Å²) < 4.78 is 0. The molecule has 1 heterocycles. The van der Waals surface area contributed by atoms with Gasteiger partial charge < -0.3 is 10.4 Å². The second-order valence-electron chi connectivity index (χ2n) is 4.98. The summed E-state index contributed by atoms with van der Waals surface area (Å²) in [7, 11) is 0. The lowest BCUT2D eigenvalue weighted by Gasteiger charge is -2.28. The van der Waals surface area contributed by atoms with Crippen LogP contribution in [0.4, 0.5) is 0 Å². The molecule has 2 rings (SSSR count). The van der Waals surface area contributed by atoms with Crippen LogP contribution in [0.25, 0.3) is 0 Å². The fourth-order valence-electron chi connectivity index (χ4n) is 2.50. The topological polar surface area (TPSA) is 49.3 Å². The molecule has 100 valence electrons.